The van der Waals surface area contributed by atoms with Gasteiger partial charge in [0.05, 0.1) is 12.2 Å². The topological polar surface area (TPSA) is 35.5 Å². The molecule has 0 heterocycles. The summed E-state index contributed by atoms with van der Waals surface area (Å²) in [7, 11) is -1.86. The van der Waals surface area contributed by atoms with Crippen molar-refractivity contribution in [2.45, 2.75) is 51.5 Å². The molecular formula is C21H31O3Si. The lowest BCUT2D eigenvalue weighted by atomic mass is 10.1. The van der Waals surface area contributed by atoms with Crippen LogP contribution in [0.5, 0.6) is 0 Å². The molecule has 0 aliphatic carbocycles. The quantitative estimate of drug-likeness (QED) is 0.213. The van der Waals surface area contributed by atoms with Crippen LogP contribution < -0.4 is 5.19 Å². The van der Waals surface area contributed by atoms with Crippen molar-refractivity contribution in [3.8, 4) is 0 Å². The van der Waals surface area contributed by atoms with Gasteiger partial charge in [-0.2, -0.15) is 4.89 Å². The summed E-state index contributed by atoms with van der Waals surface area (Å²) >= 11 is 0. The largest absolute Gasteiger partial charge is 0.373 e. The van der Waals surface area contributed by atoms with E-state index in [2.05, 4.69) is 27.0 Å². The molecule has 25 heavy (non-hydrogen) atoms. The molecule has 0 saturated carbocycles. The molecule has 0 spiro atoms. The van der Waals surface area contributed by atoms with Crippen LogP contribution in [0.4, 0.5) is 0 Å². The lowest BCUT2D eigenvalue weighted by molar-refractivity contribution is -0.241. The van der Waals surface area contributed by atoms with E-state index in [0.29, 0.717) is 12.2 Å². The number of hydrogen-bond acceptors (Lipinski definition) is 3. The van der Waals surface area contributed by atoms with Crippen LogP contribution in [0.2, 0.25) is 6.04 Å². The van der Waals surface area contributed by atoms with Gasteiger partial charge in [-0.25, -0.2) is 4.79 Å². The second kappa shape index (κ2) is 11.8. The molecule has 1 radical (unpaired) electrons. The molecule has 0 saturated heterocycles. The second-order valence-electron chi connectivity index (χ2n) is 6.19. The van der Waals surface area contributed by atoms with Gasteiger partial charge in [-0.05, 0) is 24.6 Å². The Morgan fingerprint density at radius 2 is 1.64 bits per heavy atom. The van der Waals surface area contributed by atoms with Crippen molar-refractivity contribution in [2.24, 2.45) is 0 Å². The van der Waals surface area contributed by atoms with E-state index in [-0.39, 0.29) is 0 Å². The number of hydrogen-bond donors (Lipinski definition) is 0. The van der Waals surface area contributed by atoms with Crippen LogP contribution in [0.3, 0.4) is 0 Å². The highest BCUT2D eigenvalue weighted by Crippen LogP contribution is 2.13. The van der Waals surface area contributed by atoms with Gasteiger partial charge in [-0.1, -0.05) is 74.7 Å². The molecule has 0 aliphatic heterocycles. The predicted octanol–water partition coefficient (Wildman–Crippen LogP) is 5.08. The third-order valence-electron chi connectivity index (χ3n) is 4.58. The Balaban J connectivity index is 2.42. The van der Waals surface area contributed by atoms with Crippen LogP contribution in [0.1, 0.15) is 55.8 Å². The SMILES string of the molecule is [CH2]CCCCCCCOOC(=O)c1ccc([Si](C=C)(C=C)CC)cc1. The van der Waals surface area contributed by atoms with Crippen molar-refractivity contribution in [1.82, 2.24) is 0 Å². The maximum atomic E-state index is 12.0. The third-order valence-corrected chi connectivity index (χ3v) is 8.62. The Kier molecular flexibility index (Phi) is 10.1. The number of carbonyl (C=O) groups is 1. The van der Waals surface area contributed by atoms with Crippen LogP contribution in [0.15, 0.2) is 48.8 Å². The zero-order valence-electron chi connectivity index (χ0n) is 15.5. The van der Waals surface area contributed by atoms with Crippen LogP contribution in [0.25, 0.3) is 0 Å². The Hall–Kier alpha value is -1.65. The van der Waals surface area contributed by atoms with E-state index in [1.54, 1.807) is 12.1 Å². The maximum Gasteiger partial charge on any atom is 0.373 e. The predicted molar refractivity (Wildman–Crippen MR) is 107 cm³/mol. The summed E-state index contributed by atoms with van der Waals surface area (Å²) in [5, 5.41) is 1.19. The lowest BCUT2D eigenvalue weighted by Crippen LogP contribution is -2.43. The first-order valence-electron chi connectivity index (χ1n) is 9.14. The van der Waals surface area contributed by atoms with Gasteiger partial charge in [0.15, 0.2) is 0 Å². The molecule has 0 unspecified atom stereocenters. The first kappa shape index (κ1) is 21.4. The van der Waals surface area contributed by atoms with E-state index in [1.807, 2.05) is 23.5 Å². The molecule has 1 rings (SSSR count). The summed E-state index contributed by atoms with van der Waals surface area (Å²) in [5.74, 6) is -0.454. The summed E-state index contributed by atoms with van der Waals surface area (Å²) < 4.78 is 0. The van der Waals surface area contributed by atoms with Crippen LogP contribution in [-0.4, -0.2) is 20.7 Å². The van der Waals surface area contributed by atoms with Gasteiger partial charge in [0.2, 0.25) is 0 Å². The minimum Gasteiger partial charge on any atom is -0.293 e. The standard InChI is InChI=1S/C21H31O3Si/c1-5-9-10-11-12-13-18-23-24-21(22)19-14-16-20(17-15-19)25(6-2,7-3)8-4/h6-7,14-17H,1-3,5,8-13,18H2,4H3. The molecule has 1 aromatic rings. The van der Waals surface area contributed by atoms with E-state index in [0.717, 1.165) is 25.3 Å². The number of benzene rings is 1. The Bertz CT molecular complexity index is 529. The highest BCUT2D eigenvalue weighted by molar-refractivity contribution is 6.99. The molecule has 0 bridgehead atoms. The van der Waals surface area contributed by atoms with Gasteiger partial charge >= 0.3 is 5.97 Å². The molecule has 0 fully saturated rings. The Morgan fingerprint density at radius 1 is 1.04 bits per heavy atom. The Morgan fingerprint density at radius 3 is 2.20 bits per heavy atom. The summed E-state index contributed by atoms with van der Waals surface area (Å²) in [6, 6.07) is 8.51. The monoisotopic (exact) mass is 359 g/mol. The minimum atomic E-state index is -1.86. The third kappa shape index (κ3) is 6.63. The van der Waals surface area contributed by atoms with E-state index < -0.39 is 14.0 Å². The first-order chi connectivity index (χ1) is 12.1. The normalized spacial score (nSPS) is 11.1. The van der Waals surface area contributed by atoms with Gasteiger partial charge in [0, 0.05) is 0 Å². The van der Waals surface area contributed by atoms with Crippen LogP contribution in [-0.2, 0) is 9.78 Å². The van der Waals surface area contributed by atoms with Crippen molar-refractivity contribution in [2.75, 3.05) is 6.61 Å². The molecular weight excluding hydrogens is 328 g/mol. The molecule has 0 aliphatic rings. The minimum absolute atomic E-state index is 0.437. The molecule has 3 nitrogen and oxygen atoms in total. The molecule has 4 heteroatoms. The maximum absolute atomic E-state index is 12.0. The summed E-state index contributed by atoms with van der Waals surface area (Å²) in [6.07, 6.45) is 6.52. The molecule has 0 atom stereocenters. The Labute approximate surface area is 153 Å². The molecule has 1 aromatic carbocycles. The summed E-state index contributed by atoms with van der Waals surface area (Å²) in [5.41, 5.74) is 4.53. The molecule has 0 N–H and O–H groups in total. The van der Waals surface area contributed by atoms with E-state index >= 15 is 0 Å². The highest BCUT2D eigenvalue weighted by atomic mass is 28.3. The fourth-order valence-electron chi connectivity index (χ4n) is 2.74. The summed E-state index contributed by atoms with van der Waals surface area (Å²) in [4.78, 5) is 21.9. The highest BCUT2D eigenvalue weighted by Gasteiger charge is 2.26. The van der Waals surface area contributed by atoms with Crippen molar-refractivity contribution < 1.29 is 14.6 Å². The lowest BCUT2D eigenvalue weighted by Gasteiger charge is -2.23. The number of unbranched alkanes of at least 4 members (excludes halogenated alkanes) is 5. The average molecular weight is 360 g/mol. The van der Waals surface area contributed by atoms with Gasteiger partial charge in [-0.15, -0.1) is 13.2 Å². The van der Waals surface area contributed by atoms with Crippen molar-refractivity contribution in [1.29, 1.82) is 0 Å². The zero-order valence-corrected chi connectivity index (χ0v) is 16.5. The van der Waals surface area contributed by atoms with Crippen molar-refractivity contribution >= 4 is 19.2 Å². The summed E-state index contributed by atoms with van der Waals surface area (Å²) in [6.45, 7) is 14.3. The molecule has 0 amide bonds. The van der Waals surface area contributed by atoms with Gasteiger partial charge in [0.1, 0.15) is 8.07 Å². The van der Waals surface area contributed by atoms with Crippen molar-refractivity contribution in [3.63, 3.8) is 0 Å². The van der Waals surface area contributed by atoms with E-state index in [9.17, 15) is 4.79 Å². The van der Waals surface area contributed by atoms with Crippen LogP contribution >= 0.6 is 0 Å². The van der Waals surface area contributed by atoms with E-state index in [1.165, 1.54) is 24.4 Å². The number of rotatable bonds is 13. The number of carbonyl (C=O) groups excluding carboxylic acids is 1. The fraction of sp³-hybridized carbons (Fsp3) is 0.429. The van der Waals surface area contributed by atoms with E-state index in [4.69, 9.17) is 9.78 Å². The molecule has 137 valence electrons. The smallest absolute Gasteiger partial charge is 0.293 e. The molecule has 0 aromatic heterocycles. The van der Waals surface area contributed by atoms with Gasteiger partial charge in [-0.3, -0.25) is 4.89 Å². The second-order valence-corrected chi connectivity index (χ2v) is 10.4. The van der Waals surface area contributed by atoms with Gasteiger partial charge in [0.25, 0.3) is 0 Å². The fourth-order valence-corrected chi connectivity index (χ4v) is 5.15. The average Bonchev–Trinajstić information content (AvgIpc) is 2.66. The first-order valence-corrected chi connectivity index (χ1v) is 11.5. The van der Waals surface area contributed by atoms with Crippen molar-refractivity contribution in [3.05, 3.63) is 61.3 Å². The van der Waals surface area contributed by atoms with Gasteiger partial charge < -0.3 is 0 Å². The van der Waals surface area contributed by atoms with Crippen LogP contribution in [0, 0.1) is 6.92 Å². The zero-order chi connectivity index (χ0) is 18.5.